The fourth-order valence-electron chi connectivity index (χ4n) is 1.37. The van der Waals surface area contributed by atoms with Crippen LogP contribution in [-0.4, -0.2) is 28.0 Å². The van der Waals surface area contributed by atoms with Crippen LogP contribution in [0, 0.1) is 10.1 Å². The van der Waals surface area contributed by atoms with Crippen molar-refractivity contribution in [2.45, 2.75) is 0 Å². The number of aromatic nitrogens is 2. The normalized spacial score (nSPS) is 10.1. The first-order chi connectivity index (χ1) is 9.52. The molecule has 0 aromatic carbocycles. The minimum atomic E-state index is -0.650. The minimum Gasteiger partial charge on any atom is -0.465 e. The van der Waals surface area contributed by atoms with E-state index >= 15 is 0 Å². The van der Waals surface area contributed by atoms with Crippen LogP contribution in [0.3, 0.4) is 0 Å². The molecule has 2 heterocycles. The van der Waals surface area contributed by atoms with Crippen LogP contribution < -0.4 is 5.32 Å². The molecule has 104 valence electrons. The summed E-state index contributed by atoms with van der Waals surface area (Å²) in [7, 11) is 1.25. The van der Waals surface area contributed by atoms with Crippen molar-refractivity contribution in [3.8, 4) is 0 Å². The molecule has 2 rings (SSSR count). The Labute approximate surface area is 121 Å². The van der Waals surface area contributed by atoms with E-state index in [1.807, 2.05) is 0 Å². The van der Waals surface area contributed by atoms with Crippen molar-refractivity contribution >= 4 is 46.1 Å². The molecule has 0 spiro atoms. The molecule has 0 aliphatic carbocycles. The third kappa shape index (κ3) is 2.83. The van der Waals surface area contributed by atoms with Gasteiger partial charge in [-0.3, -0.25) is 10.1 Å². The number of hydrogen-bond donors (Lipinski definition) is 1. The molecule has 20 heavy (non-hydrogen) atoms. The summed E-state index contributed by atoms with van der Waals surface area (Å²) in [5, 5.41) is 15.1. The standard InChI is InChI=1S/C10H7ClN4O4S/c1-19-9(16)7-5(2-3-20-7)13-8-6(15(17)18)4-12-10(11)14-8/h2-4H,1H3,(H,12,13,14). The highest BCUT2D eigenvalue weighted by atomic mass is 35.5. The van der Waals surface area contributed by atoms with Crippen LogP contribution in [0.4, 0.5) is 17.2 Å². The van der Waals surface area contributed by atoms with E-state index in [0.717, 1.165) is 17.5 Å². The first-order valence-corrected chi connectivity index (χ1v) is 6.38. The van der Waals surface area contributed by atoms with Gasteiger partial charge in [0.15, 0.2) is 0 Å². The fraction of sp³-hybridized carbons (Fsp3) is 0.100. The minimum absolute atomic E-state index is 0.0986. The monoisotopic (exact) mass is 314 g/mol. The first kappa shape index (κ1) is 14.2. The van der Waals surface area contributed by atoms with E-state index in [-0.39, 0.29) is 21.7 Å². The van der Waals surface area contributed by atoms with E-state index in [1.54, 1.807) is 11.4 Å². The number of carbonyl (C=O) groups excluding carboxylic acids is 1. The molecule has 2 aromatic heterocycles. The van der Waals surface area contributed by atoms with E-state index in [2.05, 4.69) is 20.0 Å². The summed E-state index contributed by atoms with van der Waals surface area (Å²) in [5.41, 5.74) is -0.00358. The molecule has 1 N–H and O–H groups in total. The van der Waals surface area contributed by atoms with Crippen LogP contribution in [0.5, 0.6) is 0 Å². The van der Waals surface area contributed by atoms with Crippen LogP contribution in [-0.2, 0) is 4.74 Å². The lowest BCUT2D eigenvalue weighted by molar-refractivity contribution is -0.384. The van der Waals surface area contributed by atoms with Crippen LogP contribution in [0.1, 0.15) is 9.67 Å². The second-order valence-electron chi connectivity index (χ2n) is 3.41. The van der Waals surface area contributed by atoms with Gasteiger partial charge in [-0.1, -0.05) is 0 Å². The number of hydrogen-bond acceptors (Lipinski definition) is 8. The highest BCUT2D eigenvalue weighted by Crippen LogP contribution is 2.30. The second kappa shape index (κ2) is 5.80. The number of thiophene rings is 1. The molecule has 0 saturated heterocycles. The van der Waals surface area contributed by atoms with Crippen molar-refractivity contribution in [1.29, 1.82) is 0 Å². The van der Waals surface area contributed by atoms with Gasteiger partial charge in [-0.05, 0) is 23.0 Å². The Bertz CT molecular complexity index is 675. The molecule has 0 saturated carbocycles. The maximum Gasteiger partial charge on any atom is 0.350 e. The molecule has 0 aliphatic rings. The van der Waals surface area contributed by atoms with Crippen molar-refractivity contribution < 1.29 is 14.5 Å². The Kier molecular flexibility index (Phi) is 4.11. The number of methoxy groups -OCH3 is 1. The number of carbonyl (C=O) groups is 1. The van der Waals surface area contributed by atoms with Crippen molar-refractivity contribution in [3.05, 3.63) is 37.9 Å². The molecular weight excluding hydrogens is 308 g/mol. The second-order valence-corrected chi connectivity index (χ2v) is 4.66. The van der Waals surface area contributed by atoms with Gasteiger partial charge < -0.3 is 10.1 Å². The molecular formula is C10H7ClN4O4S. The Morgan fingerprint density at radius 2 is 2.35 bits per heavy atom. The zero-order chi connectivity index (χ0) is 14.7. The zero-order valence-electron chi connectivity index (χ0n) is 9.99. The third-order valence-electron chi connectivity index (χ3n) is 2.23. The summed E-state index contributed by atoms with van der Waals surface area (Å²) in [5.74, 6) is -0.649. The Morgan fingerprint density at radius 3 is 3.00 bits per heavy atom. The predicted octanol–water partition coefficient (Wildman–Crippen LogP) is 2.63. The van der Waals surface area contributed by atoms with Gasteiger partial charge in [0.2, 0.25) is 11.1 Å². The number of nitrogens with zero attached hydrogens (tertiary/aromatic N) is 3. The van der Waals surface area contributed by atoms with Gasteiger partial charge in [0.05, 0.1) is 17.7 Å². The lowest BCUT2D eigenvalue weighted by atomic mass is 10.3. The molecule has 0 atom stereocenters. The van der Waals surface area contributed by atoms with Gasteiger partial charge in [-0.25, -0.2) is 9.78 Å². The van der Waals surface area contributed by atoms with Crippen molar-refractivity contribution in [1.82, 2.24) is 9.97 Å². The molecule has 8 nitrogen and oxygen atoms in total. The molecule has 0 unspecified atom stereocenters. The topological polar surface area (TPSA) is 107 Å². The Hall–Kier alpha value is -2.26. The van der Waals surface area contributed by atoms with E-state index in [0.29, 0.717) is 5.69 Å². The summed E-state index contributed by atoms with van der Waals surface area (Å²) in [6.45, 7) is 0. The molecule has 0 aliphatic heterocycles. The number of ether oxygens (including phenoxy) is 1. The van der Waals surface area contributed by atoms with Crippen molar-refractivity contribution in [2.75, 3.05) is 12.4 Å². The maximum atomic E-state index is 11.5. The van der Waals surface area contributed by atoms with E-state index in [9.17, 15) is 14.9 Å². The first-order valence-electron chi connectivity index (χ1n) is 5.12. The number of nitro groups is 1. The number of halogens is 1. The van der Waals surface area contributed by atoms with Gasteiger partial charge in [-0.15, -0.1) is 11.3 Å². The van der Waals surface area contributed by atoms with Crippen molar-refractivity contribution in [2.24, 2.45) is 0 Å². The molecule has 2 aromatic rings. The molecule has 0 fully saturated rings. The van der Waals surface area contributed by atoms with E-state index < -0.39 is 10.9 Å². The Morgan fingerprint density at radius 1 is 1.60 bits per heavy atom. The maximum absolute atomic E-state index is 11.5. The molecule has 0 amide bonds. The van der Waals surface area contributed by atoms with Gasteiger partial charge >= 0.3 is 11.7 Å². The number of esters is 1. The number of nitrogens with one attached hydrogen (secondary N) is 1. The van der Waals surface area contributed by atoms with Crippen molar-refractivity contribution in [3.63, 3.8) is 0 Å². The van der Waals surface area contributed by atoms with Gasteiger partial charge in [-0.2, -0.15) is 4.98 Å². The fourth-order valence-corrected chi connectivity index (χ4v) is 2.26. The third-order valence-corrected chi connectivity index (χ3v) is 3.30. The summed E-state index contributed by atoms with van der Waals surface area (Å²) in [4.78, 5) is 29.3. The number of rotatable bonds is 4. The number of anilines is 2. The van der Waals surface area contributed by atoms with Gasteiger partial charge in [0, 0.05) is 0 Å². The predicted molar refractivity (Wildman–Crippen MR) is 72.6 cm³/mol. The summed E-state index contributed by atoms with van der Waals surface area (Å²) >= 11 is 6.75. The quantitative estimate of drug-likeness (QED) is 0.400. The lowest BCUT2D eigenvalue weighted by Gasteiger charge is -2.06. The summed E-state index contributed by atoms with van der Waals surface area (Å²) in [6, 6.07) is 1.58. The smallest absolute Gasteiger partial charge is 0.350 e. The summed E-state index contributed by atoms with van der Waals surface area (Å²) < 4.78 is 4.61. The zero-order valence-corrected chi connectivity index (χ0v) is 11.6. The Balaban J connectivity index is 2.40. The molecule has 0 radical (unpaired) electrons. The van der Waals surface area contributed by atoms with Gasteiger partial charge in [0.25, 0.3) is 0 Å². The largest absolute Gasteiger partial charge is 0.465 e. The molecule has 10 heteroatoms. The van der Waals surface area contributed by atoms with Gasteiger partial charge in [0.1, 0.15) is 11.1 Å². The summed E-state index contributed by atoms with van der Waals surface area (Å²) in [6.07, 6.45) is 0.988. The SMILES string of the molecule is COC(=O)c1sccc1Nc1nc(Cl)ncc1[N+](=O)[O-]. The van der Waals surface area contributed by atoms with Crippen LogP contribution in [0.2, 0.25) is 5.28 Å². The lowest BCUT2D eigenvalue weighted by Crippen LogP contribution is -2.05. The van der Waals surface area contributed by atoms with Crippen LogP contribution in [0.25, 0.3) is 0 Å². The average Bonchev–Trinajstić information content (AvgIpc) is 2.85. The van der Waals surface area contributed by atoms with E-state index in [1.165, 1.54) is 7.11 Å². The van der Waals surface area contributed by atoms with Crippen LogP contribution >= 0.6 is 22.9 Å². The highest BCUT2D eigenvalue weighted by Gasteiger charge is 2.20. The molecule has 0 bridgehead atoms. The average molecular weight is 315 g/mol. The van der Waals surface area contributed by atoms with E-state index in [4.69, 9.17) is 11.6 Å². The highest BCUT2D eigenvalue weighted by molar-refractivity contribution is 7.12. The van der Waals surface area contributed by atoms with Crippen LogP contribution in [0.15, 0.2) is 17.6 Å².